The third-order valence-electron chi connectivity index (χ3n) is 6.46. The minimum atomic E-state index is -3.99. The molecule has 14 heteroatoms. The Morgan fingerprint density at radius 2 is 1.79 bits per heavy atom. The maximum Gasteiger partial charge on any atom is 0.412 e. The van der Waals surface area contributed by atoms with Gasteiger partial charge in [0.15, 0.2) is 6.10 Å². The summed E-state index contributed by atoms with van der Waals surface area (Å²) in [4.78, 5) is 52.7. The lowest BCUT2D eigenvalue weighted by atomic mass is 10.1. The number of anilines is 2. The number of aliphatic hydroxyl groups excluding tert-OH is 1. The van der Waals surface area contributed by atoms with E-state index in [-0.39, 0.29) is 37.6 Å². The van der Waals surface area contributed by atoms with Crippen LogP contribution in [0.15, 0.2) is 47.4 Å². The van der Waals surface area contributed by atoms with Gasteiger partial charge in [-0.3, -0.25) is 14.9 Å². The van der Waals surface area contributed by atoms with E-state index >= 15 is 8.78 Å². The van der Waals surface area contributed by atoms with Crippen LogP contribution in [0, 0.1) is 0 Å². The number of aromatic nitrogens is 2. The topological polar surface area (TPSA) is 158 Å². The minimum Gasteiger partial charge on any atom is -0.453 e. The maximum atomic E-state index is 15.6. The van der Waals surface area contributed by atoms with Crippen molar-refractivity contribution in [3.63, 3.8) is 0 Å². The van der Waals surface area contributed by atoms with Gasteiger partial charge < -0.3 is 24.6 Å². The van der Waals surface area contributed by atoms with Crippen molar-refractivity contribution in [1.29, 1.82) is 0 Å². The quantitative estimate of drug-likeness (QED) is 0.205. The summed E-state index contributed by atoms with van der Waals surface area (Å²) in [5.41, 5.74) is -0.543. The lowest BCUT2D eigenvalue weighted by molar-refractivity contribution is -0.176. The Kier molecular flexibility index (Phi) is 12.4. The van der Waals surface area contributed by atoms with E-state index in [4.69, 9.17) is 14.2 Å². The second-order valence-corrected chi connectivity index (χ2v) is 9.72. The molecule has 1 saturated heterocycles. The molecule has 1 aliphatic rings. The van der Waals surface area contributed by atoms with Crippen molar-refractivity contribution in [2.45, 2.75) is 82.6 Å². The van der Waals surface area contributed by atoms with Crippen LogP contribution in [0.2, 0.25) is 0 Å². The van der Waals surface area contributed by atoms with Crippen LogP contribution in [-0.2, 0) is 23.8 Å². The van der Waals surface area contributed by atoms with Crippen LogP contribution in [0.25, 0.3) is 0 Å². The predicted molar refractivity (Wildman–Crippen MR) is 147 cm³/mol. The zero-order valence-electron chi connectivity index (χ0n) is 23.3. The first-order valence-corrected chi connectivity index (χ1v) is 13.9. The van der Waals surface area contributed by atoms with Gasteiger partial charge in [-0.1, -0.05) is 44.4 Å². The Morgan fingerprint density at radius 1 is 1.05 bits per heavy atom. The van der Waals surface area contributed by atoms with Gasteiger partial charge in [0.2, 0.25) is 12.1 Å². The molecule has 0 aliphatic carbocycles. The fraction of sp³-hybridized carbons (Fsp3) is 0.536. The molecule has 0 saturated carbocycles. The lowest BCUT2D eigenvalue weighted by Gasteiger charge is -2.25. The van der Waals surface area contributed by atoms with Gasteiger partial charge in [0.1, 0.15) is 11.9 Å². The zero-order valence-corrected chi connectivity index (χ0v) is 23.3. The predicted octanol–water partition coefficient (Wildman–Crippen LogP) is 4.01. The normalized spacial score (nSPS) is 19.2. The number of benzene rings is 1. The van der Waals surface area contributed by atoms with E-state index in [2.05, 4.69) is 15.6 Å². The van der Waals surface area contributed by atoms with Crippen molar-refractivity contribution < 1.29 is 42.5 Å². The number of nitrogens with zero attached hydrogens (tertiary/aromatic N) is 2. The number of para-hydroxylation sites is 1. The molecule has 0 radical (unpaired) electrons. The van der Waals surface area contributed by atoms with E-state index in [1.165, 1.54) is 0 Å². The molecule has 3 rings (SSSR count). The van der Waals surface area contributed by atoms with E-state index in [0.29, 0.717) is 23.1 Å². The van der Waals surface area contributed by atoms with Crippen LogP contribution >= 0.6 is 0 Å². The fourth-order valence-corrected chi connectivity index (χ4v) is 4.32. The number of hydrogen-bond donors (Lipinski definition) is 3. The number of halogens is 2. The number of amides is 2. The fourth-order valence-electron chi connectivity index (χ4n) is 4.32. The van der Waals surface area contributed by atoms with Crippen molar-refractivity contribution in [2.75, 3.05) is 23.8 Å². The van der Waals surface area contributed by atoms with Gasteiger partial charge in [0, 0.05) is 24.7 Å². The van der Waals surface area contributed by atoms with Crippen molar-refractivity contribution in [2.24, 2.45) is 0 Å². The molecule has 0 bridgehead atoms. The first-order chi connectivity index (χ1) is 20.2. The van der Waals surface area contributed by atoms with Crippen molar-refractivity contribution in [3.8, 4) is 0 Å². The highest BCUT2D eigenvalue weighted by molar-refractivity contribution is 5.90. The highest BCUT2D eigenvalue weighted by Gasteiger charge is 2.62. The monoisotopic (exact) mass is 594 g/mol. The molecule has 12 nitrogen and oxygen atoms in total. The number of ether oxygens (including phenoxy) is 3. The summed E-state index contributed by atoms with van der Waals surface area (Å²) in [5.74, 6) is -5.63. The van der Waals surface area contributed by atoms with Gasteiger partial charge in [-0.05, 0) is 37.5 Å². The molecule has 1 aliphatic heterocycles. The largest absolute Gasteiger partial charge is 0.453 e. The average molecular weight is 595 g/mol. The summed E-state index contributed by atoms with van der Waals surface area (Å²) in [5, 5.41) is 14.7. The first-order valence-electron chi connectivity index (χ1n) is 13.9. The summed E-state index contributed by atoms with van der Waals surface area (Å²) in [6.45, 7) is 1.18. The Hall–Kier alpha value is -3.91. The number of esters is 1. The third-order valence-corrected chi connectivity index (χ3v) is 6.46. The van der Waals surface area contributed by atoms with Gasteiger partial charge in [-0.2, -0.15) is 8.78 Å². The smallest absolute Gasteiger partial charge is 0.412 e. The van der Waals surface area contributed by atoms with E-state index in [1.807, 2.05) is 13.0 Å². The van der Waals surface area contributed by atoms with Crippen LogP contribution in [0.4, 0.5) is 25.1 Å². The summed E-state index contributed by atoms with van der Waals surface area (Å²) in [6.07, 6.45) is -2.47. The third kappa shape index (κ3) is 9.05. The molecule has 3 N–H and O–H groups in total. The first kappa shape index (κ1) is 32.6. The Labute approximate surface area is 241 Å². The SMILES string of the molecule is CCCCCCOC(=O)Nc1ccnc(=O)n1[C@@H]1O[C@H](CO)[C@@H](OC(=O)CCCCC(=O)Nc2ccccc2)C1(F)F. The summed E-state index contributed by atoms with van der Waals surface area (Å²) < 4.78 is 46.9. The number of unbranched alkanes of at least 4 members (excludes halogenated alkanes) is 4. The Bertz CT molecular complexity index is 1240. The van der Waals surface area contributed by atoms with E-state index < -0.39 is 48.7 Å². The van der Waals surface area contributed by atoms with E-state index in [9.17, 15) is 24.3 Å². The van der Waals surface area contributed by atoms with Crippen molar-refractivity contribution >= 4 is 29.5 Å². The summed E-state index contributed by atoms with van der Waals surface area (Å²) >= 11 is 0. The van der Waals surface area contributed by atoms with Crippen molar-refractivity contribution in [3.05, 3.63) is 53.1 Å². The lowest BCUT2D eigenvalue weighted by Crippen LogP contribution is -2.45. The number of alkyl halides is 2. The van der Waals surface area contributed by atoms with Gasteiger partial charge >= 0.3 is 23.7 Å². The minimum absolute atomic E-state index is 0.0968. The molecule has 2 heterocycles. The van der Waals surface area contributed by atoms with Crippen LogP contribution < -0.4 is 16.3 Å². The zero-order chi connectivity index (χ0) is 30.5. The van der Waals surface area contributed by atoms with Gasteiger partial charge in [-0.15, -0.1) is 0 Å². The summed E-state index contributed by atoms with van der Waals surface area (Å²) in [6, 6.07) is 9.91. The Balaban J connectivity index is 1.59. The number of carbonyl (C=O) groups excluding carboxylic acids is 3. The standard InChI is InChI=1S/C28H36F2N4O8/c1-2-3-4-10-17-40-27(39)33-21-15-16-31-26(38)34(21)25-28(29,30)24(20(18-35)41-25)42-23(37)14-9-8-13-22(36)32-19-11-6-5-7-12-19/h5-7,11-12,15-16,20,24-25,35H,2-4,8-10,13-14,17-18H2,1H3,(H,32,36)(H,33,39)/t20-,24-,25-/m1/s1. The number of hydrogen-bond acceptors (Lipinski definition) is 9. The second kappa shape index (κ2) is 15.9. The molecule has 2 amide bonds. The molecule has 230 valence electrons. The number of rotatable bonds is 15. The maximum absolute atomic E-state index is 15.6. The highest BCUT2D eigenvalue weighted by Crippen LogP contribution is 2.45. The number of nitrogens with one attached hydrogen (secondary N) is 2. The van der Waals surface area contributed by atoms with Crippen molar-refractivity contribution in [1.82, 2.24) is 9.55 Å². The summed E-state index contributed by atoms with van der Waals surface area (Å²) in [7, 11) is 0. The number of aliphatic hydroxyl groups is 1. The molecule has 1 aromatic carbocycles. The highest BCUT2D eigenvalue weighted by atomic mass is 19.3. The van der Waals surface area contributed by atoms with E-state index in [1.54, 1.807) is 24.3 Å². The van der Waals surface area contributed by atoms with Crippen LogP contribution in [-0.4, -0.2) is 64.0 Å². The second-order valence-electron chi connectivity index (χ2n) is 9.72. The molecule has 0 unspecified atom stereocenters. The van der Waals surface area contributed by atoms with Crippen LogP contribution in [0.5, 0.6) is 0 Å². The molecular formula is C28H36F2N4O8. The molecule has 2 aromatic rings. The van der Waals surface area contributed by atoms with Gasteiger partial charge in [0.05, 0.1) is 13.2 Å². The van der Waals surface area contributed by atoms with Gasteiger partial charge in [0.25, 0.3) is 0 Å². The number of carbonyl (C=O) groups is 3. The van der Waals surface area contributed by atoms with E-state index in [0.717, 1.165) is 31.5 Å². The van der Waals surface area contributed by atoms with Crippen LogP contribution in [0.3, 0.4) is 0 Å². The molecule has 0 spiro atoms. The molecular weight excluding hydrogens is 558 g/mol. The van der Waals surface area contributed by atoms with Gasteiger partial charge in [-0.25, -0.2) is 19.1 Å². The molecule has 1 aromatic heterocycles. The molecule has 3 atom stereocenters. The Morgan fingerprint density at radius 3 is 2.50 bits per heavy atom. The molecule has 1 fully saturated rings. The molecule has 42 heavy (non-hydrogen) atoms. The average Bonchev–Trinajstić information content (AvgIpc) is 3.20. The van der Waals surface area contributed by atoms with Crippen LogP contribution in [0.1, 0.15) is 64.5 Å².